The fourth-order valence-electron chi connectivity index (χ4n) is 3.71. The molecule has 0 N–H and O–H groups in total. The first-order valence-corrected chi connectivity index (χ1v) is 9.68. The average Bonchev–Trinajstić information content (AvgIpc) is 2.68. The minimum Gasteiger partial charge on any atom is -0.337 e. The molecule has 138 valence electrons. The zero-order valence-corrected chi connectivity index (χ0v) is 16.2. The molecule has 26 heavy (non-hydrogen) atoms. The van der Waals surface area contributed by atoms with Gasteiger partial charge in [0.15, 0.2) is 0 Å². The van der Waals surface area contributed by atoms with Crippen molar-refractivity contribution < 1.29 is 4.79 Å². The number of nitrogens with zero attached hydrogens (tertiary/aromatic N) is 2. The van der Waals surface area contributed by atoms with Crippen molar-refractivity contribution in [2.75, 3.05) is 20.1 Å². The fraction of sp³-hybridized carbons (Fsp3) is 0.435. The van der Waals surface area contributed by atoms with E-state index in [4.69, 9.17) is 0 Å². The van der Waals surface area contributed by atoms with Crippen molar-refractivity contribution in [2.45, 2.75) is 45.2 Å². The number of amides is 1. The molecular weight excluding hydrogens is 320 g/mol. The van der Waals surface area contributed by atoms with E-state index in [1.165, 1.54) is 11.1 Å². The third-order valence-electron chi connectivity index (χ3n) is 5.42. The van der Waals surface area contributed by atoms with Gasteiger partial charge in [-0.05, 0) is 48.6 Å². The van der Waals surface area contributed by atoms with Gasteiger partial charge in [0, 0.05) is 31.7 Å². The lowest BCUT2D eigenvalue weighted by molar-refractivity contribution is 0.0609. The van der Waals surface area contributed by atoms with E-state index in [1.54, 1.807) is 0 Å². The van der Waals surface area contributed by atoms with Gasteiger partial charge in [-0.2, -0.15) is 0 Å². The van der Waals surface area contributed by atoms with Crippen LogP contribution in [0.2, 0.25) is 0 Å². The first-order chi connectivity index (χ1) is 12.5. The maximum atomic E-state index is 12.9. The predicted molar refractivity (Wildman–Crippen MR) is 107 cm³/mol. The molecular formula is C23H30N2O. The highest BCUT2D eigenvalue weighted by molar-refractivity contribution is 5.94. The van der Waals surface area contributed by atoms with E-state index in [2.05, 4.69) is 61.2 Å². The molecule has 0 aliphatic carbocycles. The molecule has 3 heteroatoms. The van der Waals surface area contributed by atoms with Gasteiger partial charge in [-0.1, -0.05) is 56.3 Å². The van der Waals surface area contributed by atoms with Gasteiger partial charge in [0.1, 0.15) is 0 Å². The summed E-state index contributed by atoms with van der Waals surface area (Å²) in [7, 11) is 1.95. The van der Waals surface area contributed by atoms with E-state index in [9.17, 15) is 4.79 Å². The third kappa shape index (κ3) is 4.53. The molecule has 1 amide bonds. The molecule has 0 saturated carbocycles. The minimum absolute atomic E-state index is 0.131. The van der Waals surface area contributed by atoms with Gasteiger partial charge in [0.25, 0.3) is 5.91 Å². The smallest absolute Gasteiger partial charge is 0.253 e. The summed E-state index contributed by atoms with van der Waals surface area (Å²) in [5.74, 6) is 0.619. The summed E-state index contributed by atoms with van der Waals surface area (Å²) < 4.78 is 0. The Labute approximate surface area is 157 Å². The van der Waals surface area contributed by atoms with Crippen LogP contribution in [-0.4, -0.2) is 41.9 Å². The SMILES string of the molecule is CC(C)c1ccc(C(=O)N(C)C2CCCN(Cc3ccccc3)C2)cc1. The van der Waals surface area contributed by atoms with E-state index in [0.29, 0.717) is 5.92 Å². The minimum atomic E-state index is 0.131. The summed E-state index contributed by atoms with van der Waals surface area (Å²) in [6, 6.07) is 19.0. The molecule has 0 bridgehead atoms. The van der Waals surface area contributed by atoms with Crippen molar-refractivity contribution in [2.24, 2.45) is 0 Å². The molecule has 1 heterocycles. The molecule has 0 spiro atoms. The summed E-state index contributed by atoms with van der Waals surface area (Å²) in [6.07, 6.45) is 2.22. The quantitative estimate of drug-likeness (QED) is 0.790. The standard InChI is InChI=1S/C23H30N2O/c1-18(2)20-11-13-21(14-12-20)23(26)24(3)22-10-7-15-25(17-22)16-19-8-5-4-6-9-19/h4-6,8-9,11-14,18,22H,7,10,15-17H2,1-3H3. The van der Waals surface area contributed by atoms with E-state index in [0.717, 1.165) is 38.0 Å². The Kier molecular flexibility index (Phi) is 6.10. The first kappa shape index (κ1) is 18.7. The summed E-state index contributed by atoms with van der Waals surface area (Å²) in [6.45, 7) is 7.36. The van der Waals surface area contributed by atoms with Crippen LogP contribution in [0.5, 0.6) is 0 Å². The molecule has 1 atom stereocenters. The van der Waals surface area contributed by atoms with Gasteiger partial charge in [-0.25, -0.2) is 0 Å². The first-order valence-electron chi connectivity index (χ1n) is 9.68. The van der Waals surface area contributed by atoms with Crippen LogP contribution in [-0.2, 0) is 6.54 Å². The number of likely N-dealkylation sites (tertiary alicyclic amines) is 1. The molecule has 1 unspecified atom stereocenters. The molecule has 2 aromatic carbocycles. The Morgan fingerprint density at radius 3 is 2.46 bits per heavy atom. The molecule has 1 saturated heterocycles. The van der Waals surface area contributed by atoms with Gasteiger partial charge >= 0.3 is 0 Å². The Morgan fingerprint density at radius 1 is 1.12 bits per heavy atom. The Morgan fingerprint density at radius 2 is 1.81 bits per heavy atom. The number of hydrogen-bond acceptors (Lipinski definition) is 2. The van der Waals surface area contributed by atoms with Crippen LogP contribution in [0.1, 0.15) is 54.1 Å². The average molecular weight is 351 g/mol. The monoisotopic (exact) mass is 350 g/mol. The Balaban J connectivity index is 1.62. The van der Waals surface area contributed by atoms with Gasteiger partial charge < -0.3 is 4.90 Å². The number of carbonyl (C=O) groups is 1. The van der Waals surface area contributed by atoms with Crippen LogP contribution in [0.3, 0.4) is 0 Å². The predicted octanol–water partition coefficient (Wildman–Crippen LogP) is 4.55. The van der Waals surface area contributed by atoms with E-state index in [1.807, 2.05) is 24.1 Å². The van der Waals surface area contributed by atoms with E-state index < -0.39 is 0 Å². The molecule has 0 radical (unpaired) electrons. The number of hydrogen-bond donors (Lipinski definition) is 0. The van der Waals surface area contributed by atoms with Crippen LogP contribution in [0.25, 0.3) is 0 Å². The topological polar surface area (TPSA) is 23.6 Å². The number of rotatable bonds is 5. The normalized spacial score (nSPS) is 18.1. The second kappa shape index (κ2) is 8.50. The van der Waals surface area contributed by atoms with Crippen molar-refractivity contribution in [3.05, 3.63) is 71.3 Å². The van der Waals surface area contributed by atoms with Crippen molar-refractivity contribution in [1.82, 2.24) is 9.80 Å². The molecule has 1 aliphatic heterocycles. The number of benzene rings is 2. The van der Waals surface area contributed by atoms with Gasteiger partial charge in [0.2, 0.25) is 0 Å². The fourth-order valence-corrected chi connectivity index (χ4v) is 3.71. The van der Waals surface area contributed by atoms with Crippen molar-refractivity contribution in [1.29, 1.82) is 0 Å². The highest BCUT2D eigenvalue weighted by atomic mass is 16.2. The van der Waals surface area contributed by atoms with E-state index >= 15 is 0 Å². The maximum absolute atomic E-state index is 12.9. The summed E-state index contributed by atoms with van der Waals surface area (Å²) >= 11 is 0. The van der Waals surface area contributed by atoms with E-state index in [-0.39, 0.29) is 11.9 Å². The molecule has 3 rings (SSSR count). The lowest BCUT2D eigenvalue weighted by atomic mass is 10.00. The zero-order chi connectivity index (χ0) is 18.5. The zero-order valence-electron chi connectivity index (χ0n) is 16.2. The number of piperidine rings is 1. The van der Waals surface area contributed by atoms with Crippen molar-refractivity contribution in [3.63, 3.8) is 0 Å². The summed E-state index contributed by atoms with van der Waals surface area (Å²) in [4.78, 5) is 17.3. The lowest BCUT2D eigenvalue weighted by Gasteiger charge is -2.37. The Hall–Kier alpha value is -2.13. The molecule has 2 aromatic rings. The maximum Gasteiger partial charge on any atom is 0.253 e. The second-order valence-corrected chi connectivity index (χ2v) is 7.71. The molecule has 1 fully saturated rings. The van der Waals surface area contributed by atoms with Crippen LogP contribution in [0.15, 0.2) is 54.6 Å². The second-order valence-electron chi connectivity index (χ2n) is 7.71. The van der Waals surface area contributed by atoms with Crippen LogP contribution in [0, 0.1) is 0 Å². The van der Waals surface area contributed by atoms with Crippen LogP contribution < -0.4 is 0 Å². The molecule has 0 aromatic heterocycles. The number of likely N-dealkylation sites (N-methyl/N-ethyl adjacent to an activating group) is 1. The molecule has 3 nitrogen and oxygen atoms in total. The van der Waals surface area contributed by atoms with Crippen molar-refractivity contribution in [3.8, 4) is 0 Å². The highest BCUT2D eigenvalue weighted by Gasteiger charge is 2.26. The number of carbonyl (C=O) groups excluding carboxylic acids is 1. The van der Waals surface area contributed by atoms with Gasteiger partial charge in [-0.3, -0.25) is 9.69 Å². The van der Waals surface area contributed by atoms with Gasteiger partial charge in [-0.15, -0.1) is 0 Å². The third-order valence-corrected chi connectivity index (χ3v) is 5.42. The van der Waals surface area contributed by atoms with Crippen LogP contribution in [0.4, 0.5) is 0 Å². The lowest BCUT2D eigenvalue weighted by Crippen LogP contribution is -2.48. The molecule has 1 aliphatic rings. The summed E-state index contributed by atoms with van der Waals surface area (Å²) in [5, 5.41) is 0. The van der Waals surface area contributed by atoms with Gasteiger partial charge in [0.05, 0.1) is 0 Å². The Bertz CT molecular complexity index is 709. The van der Waals surface area contributed by atoms with Crippen LogP contribution >= 0.6 is 0 Å². The summed E-state index contributed by atoms with van der Waals surface area (Å²) in [5.41, 5.74) is 3.40. The largest absolute Gasteiger partial charge is 0.337 e. The van der Waals surface area contributed by atoms with Crippen molar-refractivity contribution >= 4 is 5.91 Å². The highest BCUT2D eigenvalue weighted by Crippen LogP contribution is 2.20.